The minimum absolute atomic E-state index is 0.237. The van der Waals surface area contributed by atoms with Gasteiger partial charge in [0.05, 0.1) is 6.21 Å². The van der Waals surface area contributed by atoms with Gasteiger partial charge in [-0.15, -0.1) is 0 Å². The van der Waals surface area contributed by atoms with Crippen molar-refractivity contribution in [3.63, 3.8) is 0 Å². The molecule has 0 atom stereocenters. The Kier molecular flexibility index (Phi) is 5.66. The zero-order chi connectivity index (χ0) is 18.4. The fourth-order valence-electron chi connectivity index (χ4n) is 2.28. The fraction of sp³-hybridized carbons (Fsp3) is 0.105. The minimum atomic E-state index is -0.237. The first-order valence-corrected chi connectivity index (χ1v) is 8.32. The van der Waals surface area contributed by atoms with Gasteiger partial charge in [0.2, 0.25) is 5.95 Å². The number of aromatic nitrogens is 2. The Morgan fingerprint density at radius 3 is 2.81 bits per heavy atom. The summed E-state index contributed by atoms with van der Waals surface area (Å²) in [5.74, 6) is 0.949. The summed E-state index contributed by atoms with van der Waals surface area (Å²) in [5, 5.41) is 4.78. The first-order chi connectivity index (χ1) is 12.6. The number of hydrazone groups is 1. The Morgan fingerprint density at radius 2 is 2.00 bits per heavy atom. The lowest BCUT2D eigenvalue weighted by molar-refractivity contribution is 0.306. The minimum Gasteiger partial charge on any atom is -0.488 e. The largest absolute Gasteiger partial charge is 0.488 e. The number of halogens is 1. The van der Waals surface area contributed by atoms with Gasteiger partial charge in [-0.05, 0) is 25.1 Å². The number of anilines is 1. The van der Waals surface area contributed by atoms with E-state index in [1.165, 1.54) is 6.07 Å². The predicted molar refractivity (Wildman–Crippen MR) is 103 cm³/mol. The van der Waals surface area contributed by atoms with E-state index in [1.54, 1.807) is 13.1 Å². The summed E-state index contributed by atoms with van der Waals surface area (Å²) in [5.41, 5.74) is 4.76. The Bertz CT molecular complexity index is 985. The first kappa shape index (κ1) is 17.7. The van der Waals surface area contributed by atoms with Crippen molar-refractivity contribution in [3.8, 4) is 5.75 Å². The maximum atomic E-state index is 11.4. The molecule has 0 aliphatic carbocycles. The molecular formula is C19H17ClN4O2. The van der Waals surface area contributed by atoms with Crippen LogP contribution in [0.2, 0.25) is 5.02 Å². The molecule has 0 aliphatic rings. The molecule has 0 fully saturated rings. The van der Waals surface area contributed by atoms with Gasteiger partial charge in [0, 0.05) is 27.9 Å². The lowest BCUT2D eigenvalue weighted by atomic mass is 10.2. The zero-order valence-electron chi connectivity index (χ0n) is 14.1. The van der Waals surface area contributed by atoms with Crippen molar-refractivity contribution >= 4 is 23.8 Å². The molecule has 3 rings (SSSR count). The van der Waals surface area contributed by atoms with Gasteiger partial charge in [0.15, 0.2) is 0 Å². The van der Waals surface area contributed by atoms with Gasteiger partial charge < -0.3 is 4.74 Å². The number of para-hydroxylation sites is 1. The predicted octanol–water partition coefficient (Wildman–Crippen LogP) is 3.76. The molecule has 6 nitrogen and oxygen atoms in total. The molecule has 0 bridgehead atoms. The molecule has 0 spiro atoms. The number of hydrogen-bond donors (Lipinski definition) is 2. The number of rotatable bonds is 6. The molecule has 1 aromatic heterocycles. The van der Waals surface area contributed by atoms with Crippen molar-refractivity contribution in [2.45, 2.75) is 13.5 Å². The number of nitrogens with zero attached hydrogens (tertiary/aromatic N) is 2. The molecule has 2 N–H and O–H groups in total. The van der Waals surface area contributed by atoms with Crippen LogP contribution in [0.25, 0.3) is 0 Å². The van der Waals surface area contributed by atoms with Gasteiger partial charge in [-0.2, -0.15) is 5.10 Å². The van der Waals surface area contributed by atoms with E-state index in [0.29, 0.717) is 23.1 Å². The number of ether oxygens (including phenoxy) is 1. The third kappa shape index (κ3) is 4.70. The van der Waals surface area contributed by atoms with Crippen LogP contribution in [0.5, 0.6) is 5.75 Å². The molecule has 26 heavy (non-hydrogen) atoms. The van der Waals surface area contributed by atoms with Crippen molar-refractivity contribution in [1.29, 1.82) is 0 Å². The third-order valence-corrected chi connectivity index (χ3v) is 3.87. The highest BCUT2D eigenvalue weighted by molar-refractivity contribution is 6.31. The lowest BCUT2D eigenvalue weighted by Crippen LogP contribution is -2.10. The van der Waals surface area contributed by atoms with Crippen LogP contribution in [0.15, 0.2) is 64.5 Å². The molecule has 1 heterocycles. The second-order valence-corrected chi connectivity index (χ2v) is 5.93. The Morgan fingerprint density at radius 1 is 1.23 bits per heavy atom. The summed E-state index contributed by atoms with van der Waals surface area (Å²) in [6.07, 6.45) is 1.60. The summed E-state index contributed by atoms with van der Waals surface area (Å²) < 4.78 is 5.87. The lowest BCUT2D eigenvalue weighted by Gasteiger charge is -2.10. The number of H-pyrrole nitrogens is 1. The summed E-state index contributed by atoms with van der Waals surface area (Å²) in [7, 11) is 0. The van der Waals surface area contributed by atoms with Crippen LogP contribution >= 0.6 is 11.6 Å². The van der Waals surface area contributed by atoms with E-state index in [-0.39, 0.29) is 11.5 Å². The summed E-state index contributed by atoms with van der Waals surface area (Å²) in [4.78, 5) is 18.1. The number of nitrogens with one attached hydrogen (secondary N) is 2. The molecule has 3 aromatic rings. The highest BCUT2D eigenvalue weighted by atomic mass is 35.5. The van der Waals surface area contributed by atoms with Crippen LogP contribution in [0, 0.1) is 6.92 Å². The van der Waals surface area contributed by atoms with E-state index >= 15 is 0 Å². The van der Waals surface area contributed by atoms with Crippen molar-refractivity contribution in [1.82, 2.24) is 9.97 Å². The summed E-state index contributed by atoms with van der Waals surface area (Å²) in [6, 6.07) is 16.4. The maximum Gasteiger partial charge on any atom is 0.252 e. The van der Waals surface area contributed by atoms with Crippen molar-refractivity contribution in [2.75, 3.05) is 5.43 Å². The summed E-state index contributed by atoms with van der Waals surface area (Å²) >= 11 is 6.15. The molecule has 0 radical (unpaired) electrons. The van der Waals surface area contributed by atoms with Crippen LogP contribution < -0.4 is 15.7 Å². The number of benzene rings is 2. The number of aryl methyl sites for hydroxylation is 1. The Balaban J connectivity index is 1.70. The van der Waals surface area contributed by atoms with Gasteiger partial charge >= 0.3 is 0 Å². The second kappa shape index (κ2) is 8.31. The van der Waals surface area contributed by atoms with Crippen LogP contribution in [-0.4, -0.2) is 16.2 Å². The first-order valence-electron chi connectivity index (χ1n) is 7.94. The standard InChI is InChI=1S/C19H17ClN4O2/c1-13-10-18(25)23-19(22-13)24-21-11-14-6-3-5-9-17(14)26-12-15-7-2-4-8-16(15)20/h2-11H,12H2,1H3,(H2,22,23,24,25)/b21-11+. The molecule has 0 unspecified atom stereocenters. The Hall–Kier alpha value is -3.12. The molecule has 0 amide bonds. The molecule has 0 saturated heterocycles. The smallest absolute Gasteiger partial charge is 0.252 e. The van der Waals surface area contributed by atoms with Crippen molar-refractivity contribution in [2.24, 2.45) is 5.10 Å². The molecular weight excluding hydrogens is 352 g/mol. The maximum absolute atomic E-state index is 11.4. The van der Waals surface area contributed by atoms with Crippen LogP contribution in [0.1, 0.15) is 16.8 Å². The Labute approximate surface area is 155 Å². The van der Waals surface area contributed by atoms with E-state index in [1.807, 2.05) is 48.5 Å². The van der Waals surface area contributed by atoms with Gasteiger partial charge in [-0.25, -0.2) is 10.4 Å². The number of aromatic amines is 1. The highest BCUT2D eigenvalue weighted by Gasteiger charge is 2.04. The van der Waals surface area contributed by atoms with Gasteiger partial charge in [-0.1, -0.05) is 41.9 Å². The van der Waals surface area contributed by atoms with Crippen LogP contribution in [-0.2, 0) is 6.61 Å². The average molecular weight is 369 g/mol. The SMILES string of the molecule is Cc1cc(=O)[nH]c(N/N=C/c2ccccc2OCc2ccccc2Cl)n1. The quantitative estimate of drug-likeness (QED) is 0.513. The van der Waals surface area contributed by atoms with E-state index in [4.69, 9.17) is 16.3 Å². The second-order valence-electron chi connectivity index (χ2n) is 5.52. The third-order valence-electron chi connectivity index (χ3n) is 3.50. The molecule has 0 saturated carbocycles. The van der Waals surface area contributed by atoms with Gasteiger partial charge in [0.25, 0.3) is 5.56 Å². The topological polar surface area (TPSA) is 79.4 Å². The highest BCUT2D eigenvalue weighted by Crippen LogP contribution is 2.21. The molecule has 7 heteroatoms. The monoisotopic (exact) mass is 368 g/mol. The van der Waals surface area contributed by atoms with Crippen LogP contribution in [0.3, 0.4) is 0 Å². The zero-order valence-corrected chi connectivity index (χ0v) is 14.8. The molecule has 132 valence electrons. The normalized spacial score (nSPS) is 10.8. The van der Waals surface area contributed by atoms with Crippen molar-refractivity contribution in [3.05, 3.63) is 86.8 Å². The number of hydrogen-bond acceptors (Lipinski definition) is 5. The average Bonchev–Trinajstić information content (AvgIpc) is 2.61. The fourth-order valence-corrected chi connectivity index (χ4v) is 2.47. The van der Waals surface area contributed by atoms with Crippen molar-refractivity contribution < 1.29 is 4.74 Å². The van der Waals surface area contributed by atoms with Gasteiger partial charge in [-0.3, -0.25) is 9.78 Å². The molecule has 2 aromatic carbocycles. The van der Waals surface area contributed by atoms with E-state index in [2.05, 4.69) is 20.5 Å². The molecule has 0 aliphatic heterocycles. The van der Waals surface area contributed by atoms with E-state index in [0.717, 1.165) is 11.1 Å². The van der Waals surface area contributed by atoms with E-state index in [9.17, 15) is 4.79 Å². The van der Waals surface area contributed by atoms with E-state index < -0.39 is 0 Å². The van der Waals surface area contributed by atoms with Crippen LogP contribution in [0.4, 0.5) is 5.95 Å². The summed E-state index contributed by atoms with van der Waals surface area (Å²) in [6.45, 7) is 2.09. The van der Waals surface area contributed by atoms with Gasteiger partial charge in [0.1, 0.15) is 12.4 Å².